The molecule has 0 heterocycles. The second-order valence-corrected chi connectivity index (χ2v) is 5.67. The maximum absolute atomic E-state index is 11.6. The number of primary sulfonamides is 1. The summed E-state index contributed by atoms with van der Waals surface area (Å²) in [6.07, 6.45) is 1.75. The predicted octanol–water partition coefficient (Wildman–Crippen LogP) is 0.899. The molecule has 0 aromatic heterocycles. The van der Waals surface area contributed by atoms with Crippen molar-refractivity contribution in [1.29, 1.82) is 0 Å². The third kappa shape index (κ3) is 3.97. The molecule has 0 unspecified atom stereocenters. The zero-order valence-electron chi connectivity index (χ0n) is 10.7. The maximum atomic E-state index is 11.6. The quantitative estimate of drug-likeness (QED) is 0.771. The van der Waals surface area contributed by atoms with Gasteiger partial charge in [0.05, 0.1) is 5.69 Å². The third-order valence-electron chi connectivity index (χ3n) is 2.64. The number of nitrogens with two attached hydrogens (primary N) is 2. The summed E-state index contributed by atoms with van der Waals surface area (Å²) < 4.78 is 23.1. The number of para-hydroxylation sites is 1. The first-order valence-electron chi connectivity index (χ1n) is 6.07. The van der Waals surface area contributed by atoms with E-state index in [9.17, 15) is 8.42 Å². The molecule has 1 aromatic carbocycles. The number of hydrogen-bond acceptors (Lipinski definition) is 4. The molecule has 0 aliphatic heterocycles. The number of anilines is 1. The number of nitrogens with zero attached hydrogens (tertiary/aromatic N) is 1. The van der Waals surface area contributed by atoms with Crippen LogP contribution in [-0.2, 0) is 10.0 Å². The molecular formula is C12H21N3O2S. The van der Waals surface area contributed by atoms with Crippen molar-refractivity contribution in [2.24, 2.45) is 10.9 Å². The predicted molar refractivity (Wildman–Crippen MR) is 74.0 cm³/mol. The summed E-state index contributed by atoms with van der Waals surface area (Å²) in [6, 6.07) is 6.81. The van der Waals surface area contributed by atoms with Crippen LogP contribution in [0.2, 0.25) is 0 Å². The lowest BCUT2D eigenvalue weighted by atomic mass is 10.2. The van der Waals surface area contributed by atoms with Gasteiger partial charge in [0.15, 0.2) is 0 Å². The highest BCUT2D eigenvalue weighted by Gasteiger charge is 2.17. The Kier molecular flexibility index (Phi) is 5.58. The average Bonchev–Trinajstić information content (AvgIpc) is 2.33. The Morgan fingerprint density at radius 1 is 1.22 bits per heavy atom. The van der Waals surface area contributed by atoms with Crippen molar-refractivity contribution in [2.45, 2.75) is 24.7 Å². The molecule has 0 aliphatic carbocycles. The Morgan fingerprint density at radius 2 is 1.89 bits per heavy atom. The number of benzene rings is 1. The molecular weight excluding hydrogens is 250 g/mol. The maximum Gasteiger partial charge on any atom is 0.240 e. The second-order valence-electron chi connectivity index (χ2n) is 4.14. The van der Waals surface area contributed by atoms with E-state index in [0.717, 1.165) is 25.9 Å². The molecule has 0 aliphatic rings. The van der Waals surface area contributed by atoms with Gasteiger partial charge in [-0.25, -0.2) is 13.6 Å². The summed E-state index contributed by atoms with van der Waals surface area (Å²) in [5.41, 5.74) is 6.17. The molecule has 0 amide bonds. The van der Waals surface area contributed by atoms with Crippen LogP contribution >= 0.6 is 0 Å². The van der Waals surface area contributed by atoms with Crippen molar-refractivity contribution in [2.75, 3.05) is 24.5 Å². The van der Waals surface area contributed by atoms with Crippen LogP contribution in [-0.4, -0.2) is 28.1 Å². The van der Waals surface area contributed by atoms with Crippen LogP contribution in [0.15, 0.2) is 29.2 Å². The van der Waals surface area contributed by atoms with Gasteiger partial charge in [0.25, 0.3) is 0 Å². The van der Waals surface area contributed by atoms with Crippen LogP contribution < -0.4 is 15.8 Å². The van der Waals surface area contributed by atoms with E-state index in [2.05, 4.69) is 6.92 Å². The second kappa shape index (κ2) is 6.72. The Hall–Kier alpha value is -1.11. The van der Waals surface area contributed by atoms with E-state index in [1.807, 2.05) is 11.0 Å². The van der Waals surface area contributed by atoms with E-state index >= 15 is 0 Å². The molecule has 5 nitrogen and oxygen atoms in total. The van der Waals surface area contributed by atoms with Crippen molar-refractivity contribution in [3.63, 3.8) is 0 Å². The summed E-state index contributed by atoms with van der Waals surface area (Å²) in [6.45, 7) is 4.15. The molecule has 6 heteroatoms. The highest BCUT2D eigenvalue weighted by atomic mass is 32.2. The molecule has 0 atom stereocenters. The van der Waals surface area contributed by atoms with Gasteiger partial charge < -0.3 is 10.6 Å². The van der Waals surface area contributed by atoms with Gasteiger partial charge in [0.1, 0.15) is 4.90 Å². The molecule has 0 bridgehead atoms. The Morgan fingerprint density at radius 3 is 2.44 bits per heavy atom. The van der Waals surface area contributed by atoms with E-state index in [1.165, 1.54) is 6.07 Å². The Balaban J connectivity index is 3.11. The largest absolute Gasteiger partial charge is 0.370 e. The first-order valence-corrected chi connectivity index (χ1v) is 7.62. The minimum absolute atomic E-state index is 0.176. The monoisotopic (exact) mass is 271 g/mol. The van der Waals surface area contributed by atoms with E-state index in [1.54, 1.807) is 12.1 Å². The summed E-state index contributed by atoms with van der Waals surface area (Å²) in [5.74, 6) is 0. The molecule has 0 radical (unpaired) electrons. The van der Waals surface area contributed by atoms with Crippen LogP contribution in [0.1, 0.15) is 19.8 Å². The molecule has 4 N–H and O–H groups in total. The lowest BCUT2D eigenvalue weighted by Gasteiger charge is -2.25. The van der Waals surface area contributed by atoms with Crippen molar-refractivity contribution in [3.8, 4) is 0 Å². The molecule has 0 saturated heterocycles. The van der Waals surface area contributed by atoms with E-state index in [4.69, 9.17) is 10.9 Å². The summed E-state index contributed by atoms with van der Waals surface area (Å²) in [7, 11) is -3.69. The summed E-state index contributed by atoms with van der Waals surface area (Å²) in [5, 5.41) is 5.24. The molecule has 18 heavy (non-hydrogen) atoms. The standard InChI is InChI=1S/C12H21N3O2S/c1-2-9-15(10-5-8-13)11-6-3-4-7-12(11)18(14,16)17/h3-4,6-7H,2,5,8-10,13H2,1H3,(H2,14,16,17). The minimum Gasteiger partial charge on any atom is -0.370 e. The fraction of sp³-hybridized carbons (Fsp3) is 0.500. The van der Waals surface area contributed by atoms with Gasteiger partial charge >= 0.3 is 0 Å². The normalized spacial score (nSPS) is 11.5. The van der Waals surface area contributed by atoms with Crippen molar-refractivity contribution in [3.05, 3.63) is 24.3 Å². The van der Waals surface area contributed by atoms with E-state index in [0.29, 0.717) is 12.2 Å². The van der Waals surface area contributed by atoms with Crippen LogP contribution in [0, 0.1) is 0 Å². The number of hydrogen-bond donors (Lipinski definition) is 2. The highest BCUT2D eigenvalue weighted by Crippen LogP contribution is 2.24. The number of sulfonamides is 1. The fourth-order valence-corrected chi connectivity index (χ4v) is 2.62. The smallest absolute Gasteiger partial charge is 0.240 e. The zero-order chi connectivity index (χ0) is 13.6. The van der Waals surface area contributed by atoms with Crippen molar-refractivity contribution in [1.82, 2.24) is 0 Å². The first-order chi connectivity index (χ1) is 8.50. The Labute approximate surface area is 109 Å². The molecule has 0 saturated carbocycles. The lowest BCUT2D eigenvalue weighted by molar-refractivity contribution is 0.597. The van der Waals surface area contributed by atoms with Gasteiger partial charge in [0.2, 0.25) is 10.0 Å². The van der Waals surface area contributed by atoms with Gasteiger partial charge in [-0.3, -0.25) is 0 Å². The van der Waals surface area contributed by atoms with Gasteiger partial charge in [-0.05, 0) is 31.5 Å². The number of rotatable bonds is 7. The minimum atomic E-state index is -3.69. The molecule has 1 rings (SSSR count). The SMILES string of the molecule is CCCN(CCCN)c1ccccc1S(N)(=O)=O. The zero-order valence-corrected chi connectivity index (χ0v) is 11.5. The molecule has 0 spiro atoms. The van der Waals surface area contributed by atoms with E-state index in [-0.39, 0.29) is 4.90 Å². The lowest BCUT2D eigenvalue weighted by Crippen LogP contribution is -2.29. The van der Waals surface area contributed by atoms with Gasteiger partial charge in [-0.15, -0.1) is 0 Å². The third-order valence-corrected chi connectivity index (χ3v) is 3.60. The topological polar surface area (TPSA) is 89.4 Å². The van der Waals surface area contributed by atoms with Crippen LogP contribution in [0.5, 0.6) is 0 Å². The van der Waals surface area contributed by atoms with Crippen molar-refractivity contribution < 1.29 is 8.42 Å². The first kappa shape index (κ1) is 14.9. The van der Waals surface area contributed by atoms with Gasteiger partial charge in [-0.2, -0.15) is 0 Å². The van der Waals surface area contributed by atoms with Crippen LogP contribution in [0.25, 0.3) is 0 Å². The summed E-state index contributed by atoms with van der Waals surface area (Å²) >= 11 is 0. The molecule has 102 valence electrons. The molecule has 0 fully saturated rings. The highest BCUT2D eigenvalue weighted by molar-refractivity contribution is 7.89. The van der Waals surface area contributed by atoms with Crippen LogP contribution in [0.3, 0.4) is 0 Å². The van der Waals surface area contributed by atoms with Gasteiger partial charge in [0, 0.05) is 13.1 Å². The molecule has 1 aromatic rings. The summed E-state index contributed by atoms with van der Waals surface area (Å²) in [4.78, 5) is 2.20. The van der Waals surface area contributed by atoms with Crippen LogP contribution in [0.4, 0.5) is 5.69 Å². The fourth-order valence-electron chi connectivity index (χ4n) is 1.86. The Bertz CT molecular complexity index is 474. The van der Waals surface area contributed by atoms with E-state index < -0.39 is 10.0 Å². The van der Waals surface area contributed by atoms with Crippen molar-refractivity contribution >= 4 is 15.7 Å². The van der Waals surface area contributed by atoms with Gasteiger partial charge in [-0.1, -0.05) is 19.1 Å². The average molecular weight is 271 g/mol.